The van der Waals surface area contributed by atoms with Crippen LogP contribution < -0.4 is 5.73 Å². The lowest BCUT2D eigenvalue weighted by molar-refractivity contribution is 0.449. The molecule has 0 aliphatic carbocycles. The Morgan fingerprint density at radius 1 is 1.50 bits per heavy atom. The summed E-state index contributed by atoms with van der Waals surface area (Å²) < 4.78 is 13.1. The van der Waals surface area contributed by atoms with E-state index >= 15 is 0 Å². The Bertz CT molecular complexity index is 323. The Hall–Kier alpha value is -0.600. The van der Waals surface area contributed by atoms with Crippen molar-refractivity contribution in [2.24, 2.45) is 5.73 Å². The zero-order valence-electron chi connectivity index (χ0n) is 8.48. The molecule has 1 unspecified atom stereocenters. The van der Waals surface area contributed by atoms with Crippen molar-refractivity contribution >= 4 is 11.6 Å². The lowest BCUT2D eigenvalue weighted by atomic mass is 9.91. The van der Waals surface area contributed by atoms with E-state index in [0.29, 0.717) is 6.42 Å². The number of halogens is 2. The van der Waals surface area contributed by atoms with Crippen molar-refractivity contribution in [1.29, 1.82) is 0 Å². The minimum atomic E-state index is -0.379. The molecule has 0 aromatic heterocycles. The van der Waals surface area contributed by atoms with Gasteiger partial charge in [-0.1, -0.05) is 30.7 Å². The highest BCUT2D eigenvalue weighted by atomic mass is 35.5. The third-order valence-electron chi connectivity index (χ3n) is 2.43. The van der Waals surface area contributed by atoms with E-state index in [-0.39, 0.29) is 16.4 Å². The second kappa shape index (κ2) is 4.28. The summed E-state index contributed by atoms with van der Waals surface area (Å²) in [4.78, 5) is 0. The van der Waals surface area contributed by atoms with Crippen molar-refractivity contribution in [1.82, 2.24) is 0 Å². The Kier molecular flexibility index (Phi) is 3.51. The van der Waals surface area contributed by atoms with Gasteiger partial charge < -0.3 is 5.73 Å². The topological polar surface area (TPSA) is 26.0 Å². The molecule has 1 nitrogen and oxygen atoms in total. The summed E-state index contributed by atoms with van der Waals surface area (Å²) in [6.45, 7) is 3.95. The molecule has 1 rings (SSSR count). The standard InChI is InChI=1S/C11H15ClFN/c1-3-11(2,14)7-8-5-4-6-9(13)10(8)12/h4-6H,3,7,14H2,1-2H3. The highest BCUT2D eigenvalue weighted by molar-refractivity contribution is 6.31. The van der Waals surface area contributed by atoms with Crippen LogP contribution in [0.3, 0.4) is 0 Å². The molecule has 0 fully saturated rings. The maximum Gasteiger partial charge on any atom is 0.142 e. The molecular weight excluding hydrogens is 201 g/mol. The van der Waals surface area contributed by atoms with Crippen molar-refractivity contribution in [2.75, 3.05) is 0 Å². The number of nitrogens with two attached hydrogens (primary N) is 1. The maximum atomic E-state index is 13.1. The predicted octanol–water partition coefficient (Wildman–Crippen LogP) is 3.15. The normalized spacial score (nSPS) is 15.2. The molecule has 14 heavy (non-hydrogen) atoms. The van der Waals surface area contributed by atoms with Gasteiger partial charge in [-0.15, -0.1) is 0 Å². The van der Waals surface area contributed by atoms with Crippen LogP contribution in [0, 0.1) is 5.82 Å². The van der Waals surface area contributed by atoms with Crippen LogP contribution in [0.5, 0.6) is 0 Å². The van der Waals surface area contributed by atoms with Gasteiger partial charge in [-0.2, -0.15) is 0 Å². The summed E-state index contributed by atoms with van der Waals surface area (Å²) in [6.07, 6.45) is 1.43. The van der Waals surface area contributed by atoms with Crippen molar-refractivity contribution in [3.63, 3.8) is 0 Å². The lowest BCUT2D eigenvalue weighted by Crippen LogP contribution is -2.37. The fourth-order valence-corrected chi connectivity index (χ4v) is 1.44. The van der Waals surface area contributed by atoms with E-state index in [2.05, 4.69) is 0 Å². The van der Waals surface area contributed by atoms with Gasteiger partial charge in [0.2, 0.25) is 0 Å². The molecule has 3 heteroatoms. The molecule has 0 spiro atoms. The fourth-order valence-electron chi connectivity index (χ4n) is 1.25. The van der Waals surface area contributed by atoms with E-state index in [1.807, 2.05) is 19.9 Å². The van der Waals surface area contributed by atoms with Gasteiger partial charge in [-0.3, -0.25) is 0 Å². The molecule has 2 N–H and O–H groups in total. The minimum Gasteiger partial charge on any atom is -0.325 e. The SMILES string of the molecule is CCC(C)(N)Cc1cccc(F)c1Cl. The van der Waals surface area contributed by atoms with Gasteiger partial charge in [0.05, 0.1) is 5.02 Å². The van der Waals surface area contributed by atoms with E-state index in [4.69, 9.17) is 17.3 Å². The Morgan fingerprint density at radius 2 is 2.14 bits per heavy atom. The summed E-state index contributed by atoms with van der Waals surface area (Å²) in [6, 6.07) is 4.82. The second-order valence-electron chi connectivity index (χ2n) is 3.90. The van der Waals surface area contributed by atoms with Crippen LogP contribution in [0.15, 0.2) is 18.2 Å². The first kappa shape index (κ1) is 11.5. The maximum absolute atomic E-state index is 13.1. The summed E-state index contributed by atoms with van der Waals surface area (Å²) in [5, 5.41) is 0.192. The average Bonchev–Trinajstić information content (AvgIpc) is 2.13. The van der Waals surface area contributed by atoms with Gasteiger partial charge in [-0.05, 0) is 31.4 Å². The third-order valence-corrected chi connectivity index (χ3v) is 2.86. The Morgan fingerprint density at radius 3 is 2.71 bits per heavy atom. The highest BCUT2D eigenvalue weighted by Gasteiger charge is 2.18. The van der Waals surface area contributed by atoms with E-state index in [1.165, 1.54) is 6.07 Å². The predicted molar refractivity (Wildman–Crippen MR) is 58.0 cm³/mol. The van der Waals surface area contributed by atoms with Crippen molar-refractivity contribution in [2.45, 2.75) is 32.2 Å². The first-order valence-corrected chi connectivity index (χ1v) is 5.06. The number of rotatable bonds is 3. The van der Waals surface area contributed by atoms with Crippen molar-refractivity contribution in [3.8, 4) is 0 Å². The van der Waals surface area contributed by atoms with Gasteiger partial charge in [-0.25, -0.2) is 4.39 Å². The van der Waals surface area contributed by atoms with Crippen LogP contribution in [0.4, 0.5) is 4.39 Å². The lowest BCUT2D eigenvalue weighted by Gasteiger charge is -2.23. The van der Waals surface area contributed by atoms with Gasteiger partial charge >= 0.3 is 0 Å². The van der Waals surface area contributed by atoms with Crippen LogP contribution in [-0.4, -0.2) is 5.54 Å². The molecule has 0 radical (unpaired) electrons. The third kappa shape index (κ3) is 2.69. The molecule has 1 aromatic rings. The second-order valence-corrected chi connectivity index (χ2v) is 4.28. The van der Waals surface area contributed by atoms with Crippen LogP contribution in [-0.2, 0) is 6.42 Å². The molecular formula is C11H15ClFN. The summed E-state index contributed by atoms with van der Waals surface area (Å²) >= 11 is 5.83. The van der Waals surface area contributed by atoms with E-state index in [9.17, 15) is 4.39 Å². The Balaban J connectivity index is 2.92. The summed E-state index contributed by atoms with van der Waals surface area (Å²) in [7, 11) is 0. The molecule has 0 aliphatic heterocycles. The molecule has 78 valence electrons. The molecule has 0 bridgehead atoms. The monoisotopic (exact) mass is 215 g/mol. The minimum absolute atomic E-state index is 0.192. The van der Waals surface area contributed by atoms with Gasteiger partial charge in [0, 0.05) is 5.54 Å². The number of hydrogen-bond acceptors (Lipinski definition) is 1. The van der Waals surface area contributed by atoms with E-state index in [1.54, 1.807) is 6.07 Å². The van der Waals surface area contributed by atoms with Crippen LogP contribution in [0.2, 0.25) is 5.02 Å². The molecule has 0 saturated carbocycles. The van der Waals surface area contributed by atoms with Gasteiger partial charge in [0.1, 0.15) is 5.82 Å². The molecule has 0 saturated heterocycles. The van der Waals surface area contributed by atoms with Gasteiger partial charge in [0.25, 0.3) is 0 Å². The largest absolute Gasteiger partial charge is 0.325 e. The van der Waals surface area contributed by atoms with Crippen LogP contribution >= 0.6 is 11.6 Å². The van der Waals surface area contributed by atoms with E-state index in [0.717, 1.165) is 12.0 Å². The van der Waals surface area contributed by atoms with Crippen LogP contribution in [0.1, 0.15) is 25.8 Å². The zero-order valence-corrected chi connectivity index (χ0v) is 9.24. The smallest absolute Gasteiger partial charge is 0.142 e. The molecule has 0 aliphatic rings. The van der Waals surface area contributed by atoms with E-state index < -0.39 is 0 Å². The summed E-state index contributed by atoms with van der Waals surface area (Å²) in [5.41, 5.74) is 6.44. The number of hydrogen-bond donors (Lipinski definition) is 1. The first-order valence-electron chi connectivity index (χ1n) is 4.68. The van der Waals surface area contributed by atoms with Crippen molar-refractivity contribution in [3.05, 3.63) is 34.6 Å². The molecule has 1 aromatic carbocycles. The van der Waals surface area contributed by atoms with Crippen molar-refractivity contribution < 1.29 is 4.39 Å². The van der Waals surface area contributed by atoms with Crippen LogP contribution in [0.25, 0.3) is 0 Å². The number of benzene rings is 1. The molecule has 1 atom stereocenters. The zero-order chi connectivity index (χ0) is 10.8. The first-order chi connectivity index (χ1) is 6.46. The Labute approximate surface area is 89.1 Å². The molecule has 0 heterocycles. The summed E-state index contributed by atoms with van der Waals surface area (Å²) in [5.74, 6) is -0.379. The average molecular weight is 216 g/mol. The molecule has 0 amide bonds. The fraction of sp³-hybridized carbons (Fsp3) is 0.455. The quantitative estimate of drug-likeness (QED) is 0.824. The van der Waals surface area contributed by atoms with Gasteiger partial charge in [0.15, 0.2) is 0 Å². The highest BCUT2D eigenvalue weighted by Crippen LogP contribution is 2.24.